The number of hydrogen-bond acceptors (Lipinski definition) is 1. The van der Waals surface area contributed by atoms with E-state index in [1.165, 1.54) is 35.0 Å². The molecule has 2 heteroatoms. The highest BCUT2D eigenvalue weighted by Crippen LogP contribution is 2.29. The van der Waals surface area contributed by atoms with Gasteiger partial charge in [-0.3, -0.25) is 0 Å². The summed E-state index contributed by atoms with van der Waals surface area (Å²) in [6.07, 6.45) is 2.37. The van der Waals surface area contributed by atoms with E-state index in [0.717, 1.165) is 12.1 Å². The SMILES string of the molecule is CCCCn1c(-c2ccc(CO)cc2)cc2ccccc21. The Morgan fingerprint density at radius 1 is 1.00 bits per heavy atom. The monoisotopic (exact) mass is 279 g/mol. The number of rotatable bonds is 5. The summed E-state index contributed by atoms with van der Waals surface area (Å²) in [5, 5.41) is 10.5. The van der Waals surface area contributed by atoms with Crippen LogP contribution in [0.25, 0.3) is 22.2 Å². The Morgan fingerprint density at radius 2 is 1.76 bits per heavy atom. The number of unbranched alkanes of at least 4 members (excludes halogenated alkanes) is 1. The quantitative estimate of drug-likeness (QED) is 0.725. The molecule has 0 amide bonds. The number of aromatic nitrogens is 1. The van der Waals surface area contributed by atoms with Crippen LogP contribution in [0.4, 0.5) is 0 Å². The van der Waals surface area contributed by atoms with Crippen molar-refractivity contribution >= 4 is 10.9 Å². The average Bonchev–Trinajstić information content (AvgIpc) is 2.91. The molecule has 2 nitrogen and oxygen atoms in total. The molecule has 3 rings (SSSR count). The van der Waals surface area contributed by atoms with Crippen molar-refractivity contribution in [3.8, 4) is 11.3 Å². The number of para-hydroxylation sites is 1. The lowest BCUT2D eigenvalue weighted by atomic mass is 10.1. The number of benzene rings is 2. The molecule has 0 unspecified atom stereocenters. The number of aliphatic hydroxyl groups excluding tert-OH is 1. The van der Waals surface area contributed by atoms with E-state index >= 15 is 0 Å². The first-order valence-corrected chi connectivity index (χ1v) is 7.62. The van der Waals surface area contributed by atoms with Gasteiger partial charge in [0.25, 0.3) is 0 Å². The molecule has 3 aromatic rings. The van der Waals surface area contributed by atoms with E-state index in [4.69, 9.17) is 0 Å². The van der Waals surface area contributed by atoms with Gasteiger partial charge < -0.3 is 9.67 Å². The average molecular weight is 279 g/mol. The van der Waals surface area contributed by atoms with E-state index in [1.54, 1.807) is 0 Å². The fraction of sp³-hybridized carbons (Fsp3) is 0.263. The van der Waals surface area contributed by atoms with Gasteiger partial charge in [-0.15, -0.1) is 0 Å². The maximum atomic E-state index is 9.18. The van der Waals surface area contributed by atoms with Crippen LogP contribution in [0.2, 0.25) is 0 Å². The number of aryl methyl sites for hydroxylation is 1. The predicted molar refractivity (Wildman–Crippen MR) is 88.2 cm³/mol. The van der Waals surface area contributed by atoms with Crippen LogP contribution >= 0.6 is 0 Å². The first-order chi connectivity index (χ1) is 10.3. The smallest absolute Gasteiger partial charge is 0.0681 e. The molecule has 0 fully saturated rings. The highest BCUT2D eigenvalue weighted by molar-refractivity contribution is 5.87. The summed E-state index contributed by atoms with van der Waals surface area (Å²) < 4.78 is 2.41. The second-order valence-corrected chi connectivity index (χ2v) is 5.45. The van der Waals surface area contributed by atoms with Gasteiger partial charge in [0.05, 0.1) is 6.61 Å². The van der Waals surface area contributed by atoms with E-state index in [0.29, 0.717) is 0 Å². The van der Waals surface area contributed by atoms with Gasteiger partial charge in [0.15, 0.2) is 0 Å². The fourth-order valence-electron chi connectivity index (χ4n) is 2.79. The molecule has 21 heavy (non-hydrogen) atoms. The first-order valence-electron chi connectivity index (χ1n) is 7.62. The third-order valence-electron chi connectivity index (χ3n) is 3.98. The molecule has 0 aliphatic carbocycles. The summed E-state index contributed by atoms with van der Waals surface area (Å²) in [5.74, 6) is 0. The van der Waals surface area contributed by atoms with E-state index in [2.05, 4.69) is 54.0 Å². The fourth-order valence-corrected chi connectivity index (χ4v) is 2.79. The molecule has 0 saturated heterocycles. The van der Waals surface area contributed by atoms with Crippen LogP contribution in [-0.4, -0.2) is 9.67 Å². The molecule has 1 aromatic heterocycles. The van der Waals surface area contributed by atoms with Gasteiger partial charge in [-0.1, -0.05) is 55.8 Å². The second-order valence-electron chi connectivity index (χ2n) is 5.45. The summed E-state index contributed by atoms with van der Waals surface area (Å²) in [6.45, 7) is 3.36. The van der Waals surface area contributed by atoms with Crippen molar-refractivity contribution in [1.82, 2.24) is 4.57 Å². The van der Waals surface area contributed by atoms with Gasteiger partial charge in [0.2, 0.25) is 0 Å². The zero-order chi connectivity index (χ0) is 14.7. The molecule has 108 valence electrons. The molecule has 0 aliphatic rings. The Morgan fingerprint density at radius 3 is 2.48 bits per heavy atom. The number of fused-ring (bicyclic) bond motifs is 1. The number of aliphatic hydroxyl groups is 1. The van der Waals surface area contributed by atoms with Gasteiger partial charge in [-0.2, -0.15) is 0 Å². The normalized spacial score (nSPS) is 11.1. The van der Waals surface area contributed by atoms with Crippen LogP contribution in [-0.2, 0) is 13.2 Å². The molecule has 0 spiro atoms. The lowest BCUT2D eigenvalue weighted by Crippen LogP contribution is -1.99. The first kappa shape index (κ1) is 13.9. The number of nitrogens with zero attached hydrogens (tertiary/aromatic N) is 1. The minimum absolute atomic E-state index is 0.0963. The highest BCUT2D eigenvalue weighted by Gasteiger charge is 2.09. The van der Waals surface area contributed by atoms with Crippen molar-refractivity contribution in [2.24, 2.45) is 0 Å². The predicted octanol–water partition coefficient (Wildman–Crippen LogP) is 4.60. The van der Waals surface area contributed by atoms with Crippen molar-refractivity contribution in [3.05, 3.63) is 60.2 Å². The third-order valence-corrected chi connectivity index (χ3v) is 3.98. The summed E-state index contributed by atoms with van der Waals surface area (Å²) in [5.41, 5.74) is 4.72. The van der Waals surface area contributed by atoms with E-state index in [9.17, 15) is 5.11 Å². The molecule has 1 heterocycles. The van der Waals surface area contributed by atoms with Crippen molar-refractivity contribution in [2.45, 2.75) is 32.9 Å². The van der Waals surface area contributed by atoms with E-state index in [1.807, 2.05) is 12.1 Å². The van der Waals surface area contributed by atoms with Crippen LogP contribution < -0.4 is 0 Å². The topological polar surface area (TPSA) is 25.2 Å². The van der Waals surface area contributed by atoms with Gasteiger partial charge in [0.1, 0.15) is 0 Å². The number of hydrogen-bond donors (Lipinski definition) is 1. The Labute approximate surface area is 125 Å². The van der Waals surface area contributed by atoms with Crippen molar-refractivity contribution < 1.29 is 5.11 Å². The Hall–Kier alpha value is -2.06. The Balaban J connectivity index is 2.10. The minimum Gasteiger partial charge on any atom is -0.392 e. The molecule has 0 saturated carbocycles. The molecule has 2 aromatic carbocycles. The second kappa shape index (κ2) is 6.15. The third kappa shape index (κ3) is 2.72. The summed E-state index contributed by atoms with van der Waals surface area (Å²) in [7, 11) is 0. The van der Waals surface area contributed by atoms with Crippen LogP contribution in [0.15, 0.2) is 54.6 Å². The summed E-state index contributed by atoms with van der Waals surface area (Å²) >= 11 is 0. The zero-order valence-electron chi connectivity index (χ0n) is 12.4. The molecule has 0 bridgehead atoms. The maximum Gasteiger partial charge on any atom is 0.0681 e. The Kier molecular flexibility index (Phi) is 4.07. The van der Waals surface area contributed by atoms with Crippen LogP contribution in [0.3, 0.4) is 0 Å². The van der Waals surface area contributed by atoms with E-state index < -0.39 is 0 Å². The lowest BCUT2D eigenvalue weighted by molar-refractivity contribution is 0.282. The molecule has 0 radical (unpaired) electrons. The summed E-state index contributed by atoms with van der Waals surface area (Å²) in [6, 6.07) is 19.0. The minimum atomic E-state index is 0.0963. The van der Waals surface area contributed by atoms with Gasteiger partial charge >= 0.3 is 0 Å². The molecular formula is C19H21NO. The van der Waals surface area contributed by atoms with Crippen molar-refractivity contribution in [2.75, 3.05) is 0 Å². The Bertz CT molecular complexity index is 725. The molecule has 0 aliphatic heterocycles. The molecular weight excluding hydrogens is 258 g/mol. The van der Waals surface area contributed by atoms with Crippen LogP contribution in [0.5, 0.6) is 0 Å². The maximum absolute atomic E-state index is 9.18. The standard InChI is InChI=1S/C19H21NO/c1-2-3-12-20-18-7-5-4-6-17(18)13-19(20)16-10-8-15(14-21)9-11-16/h4-11,13,21H,2-3,12,14H2,1H3. The summed E-state index contributed by atoms with van der Waals surface area (Å²) in [4.78, 5) is 0. The van der Waals surface area contributed by atoms with Crippen molar-refractivity contribution in [3.63, 3.8) is 0 Å². The van der Waals surface area contributed by atoms with Gasteiger partial charge in [0, 0.05) is 23.1 Å². The van der Waals surface area contributed by atoms with Gasteiger partial charge in [-0.25, -0.2) is 0 Å². The van der Waals surface area contributed by atoms with E-state index in [-0.39, 0.29) is 6.61 Å². The van der Waals surface area contributed by atoms with Gasteiger partial charge in [-0.05, 0) is 29.7 Å². The molecule has 0 atom stereocenters. The zero-order valence-corrected chi connectivity index (χ0v) is 12.4. The largest absolute Gasteiger partial charge is 0.392 e. The molecule has 1 N–H and O–H groups in total. The van der Waals surface area contributed by atoms with Crippen LogP contribution in [0.1, 0.15) is 25.3 Å². The highest BCUT2D eigenvalue weighted by atomic mass is 16.3. The van der Waals surface area contributed by atoms with Crippen molar-refractivity contribution in [1.29, 1.82) is 0 Å². The lowest BCUT2D eigenvalue weighted by Gasteiger charge is -2.11. The van der Waals surface area contributed by atoms with Crippen LogP contribution in [0, 0.1) is 0 Å².